The molecule has 0 radical (unpaired) electrons. The minimum Gasteiger partial charge on any atom is -0.436 e. The summed E-state index contributed by atoms with van der Waals surface area (Å²) < 4.78 is 5.90. The first-order valence-electron chi connectivity index (χ1n) is 9.60. The third kappa shape index (κ3) is 4.12. The average Bonchev–Trinajstić information content (AvgIpc) is 3.15. The highest BCUT2D eigenvalue weighted by molar-refractivity contribution is 5.85. The summed E-state index contributed by atoms with van der Waals surface area (Å²) in [5.74, 6) is 0.560. The fourth-order valence-electron chi connectivity index (χ4n) is 3.10. The molecule has 0 amide bonds. The normalized spacial score (nSPS) is 12.0. The first-order valence-corrected chi connectivity index (χ1v) is 9.60. The largest absolute Gasteiger partial charge is 0.436 e. The Morgan fingerprint density at radius 1 is 1.03 bits per heavy atom. The van der Waals surface area contributed by atoms with E-state index in [1.807, 2.05) is 30.3 Å². The quantitative estimate of drug-likeness (QED) is 0.224. The lowest BCUT2D eigenvalue weighted by molar-refractivity contribution is -0.384. The van der Waals surface area contributed by atoms with Gasteiger partial charge >= 0.3 is 0 Å². The van der Waals surface area contributed by atoms with Gasteiger partial charge in [0.15, 0.2) is 5.58 Å². The lowest BCUT2D eigenvalue weighted by atomic mass is 9.87. The molecule has 1 heterocycles. The maximum absolute atomic E-state index is 10.9. The van der Waals surface area contributed by atoms with Crippen molar-refractivity contribution in [2.24, 2.45) is 4.99 Å². The number of benzene rings is 3. The second-order valence-corrected chi connectivity index (χ2v) is 8.11. The van der Waals surface area contributed by atoms with Crippen molar-refractivity contribution in [2.45, 2.75) is 26.2 Å². The zero-order valence-electron chi connectivity index (χ0n) is 17.0. The van der Waals surface area contributed by atoms with Gasteiger partial charge in [-0.1, -0.05) is 45.0 Å². The Kier molecular flexibility index (Phi) is 4.91. The molecule has 0 aliphatic rings. The molecule has 0 aliphatic heterocycles. The Labute approximate surface area is 174 Å². The molecule has 0 aliphatic carbocycles. The topological polar surface area (TPSA) is 81.5 Å². The zero-order valence-corrected chi connectivity index (χ0v) is 17.0. The molecule has 1 aromatic heterocycles. The van der Waals surface area contributed by atoms with Crippen molar-refractivity contribution >= 4 is 28.7 Å². The lowest BCUT2D eigenvalue weighted by Gasteiger charge is -2.18. The van der Waals surface area contributed by atoms with Crippen LogP contribution in [0.25, 0.3) is 22.6 Å². The smallest absolute Gasteiger partial charge is 0.270 e. The first-order chi connectivity index (χ1) is 14.3. The van der Waals surface area contributed by atoms with Crippen LogP contribution >= 0.6 is 0 Å². The van der Waals surface area contributed by atoms with E-state index in [2.05, 4.69) is 42.9 Å². The van der Waals surface area contributed by atoms with E-state index >= 15 is 0 Å². The number of fused-ring (bicyclic) bond motifs is 1. The van der Waals surface area contributed by atoms with E-state index in [1.54, 1.807) is 18.3 Å². The van der Waals surface area contributed by atoms with Gasteiger partial charge in [0.05, 0.1) is 10.6 Å². The van der Waals surface area contributed by atoms with Gasteiger partial charge in [-0.3, -0.25) is 15.1 Å². The van der Waals surface area contributed by atoms with E-state index in [1.165, 1.54) is 17.7 Å². The fourth-order valence-corrected chi connectivity index (χ4v) is 3.10. The highest BCUT2D eigenvalue weighted by Crippen LogP contribution is 2.29. The molecule has 0 saturated heterocycles. The maximum Gasteiger partial charge on any atom is 0.270 e. The molecule has 6 heteroatoms. The highest BCUT2D eigenvalue weighted by atomic mass is 16.6. The Hall–Kier alpha value is -3.80. The lowest BCUT2D eigenvalue weighted by Crippen LogP contribution is -2.10. The van der Waals surface area contributed by atoms with Crippen molar-refractivity contribution in [1.82, 2.24) is 4.98 Å². The second kappa shape index (κ2) is 7.55. The van der Waals surface area contributed by atoms with Crippen LogP contribution in [0.1, 0.15) is 31.9 Å². The van der Waals surface area contributed by atoms with Gasteiger partial charge in [0.25, 0.3) is 5.69 Å². The number of nitro benzene ring substituents is 1. The van der Waals surface area contributed by atoms with Crippen LogP contribution in [0.15, 0.2) is 76.1 Å². The zero-order chi connectivity index (χ0) is 21.3. The van der Waals surface area contributed by atoms with Crippen LogP contribution in [0.5, 0.6) is 0 Å². The summed E-state index contributed by atoms with van der Waals surface area (Å²) in [5.41, 5.74) is 5.03. The van der Waals surface area contributed by atoms with Crippen LogP contribution in [-0.2, 0) is 5.41 Å². The van der Waals surface area contributed by atoms with Crippen LogP contribution in [0.3, 0.4) is 0 Å². The van der Waals surface area contributed by atoms with Gasteiger partial charge in [0, 0.05) is 23.9 Å². The van der Waals surface area contributed by atoms with Gasteiger partial charge in [0.1, 0.15) is 5.52 Å². The van der Waals surface area contributed by atoms with E-state index in [4.69, 9.17) is 4.42 Å². The van der Waals surface area contributed by atoms with Gasteiger partial charge in [-0.15, -0.1) is 0 Å². The number of rotatable bonds is 4. The van der Waals surface area contributed by atoms with Crippen LogP contribution in [0.4, 0.5) is 11.4 Å². The third-order valence-corrected chi connectivity index (χ3v) is 4.81. The standard InChI is InChI=1S/C24H21N3O3/c1-24(2,3)18-9-7-17(8-10-18)23-26-21-14-19(11-12-22(21)30-23)25-15-16-5-4-6-20(13-16)27(28)29/h4-15H,1-3H3. The number of aromatic nitrogens is 1. The highest BCUT2D eigenvalue weighted by Gasteiger charge is 2.14. The number of non-ortho nitro benzene ring substituents is 1. The number of oxazole rings is 1. The van der Waals surface area contributed by atoms with E-state index in [0.29, 0.717) is 28.2 Å². The Morgan fingerprint density at radius 3 is 2.50 bits per heavy atom. The summed E-state index contributed by atoms with van der Waals surface area (Å²) in [7, 11) is 0. The van der Waals surface area contributed by atoms with E-state index < -0.39 is 4.92 Å². The van der Waals surface area contributed by atoms with Crippen molar-refractivity contribution < 1.29 is 9.34 Å². The van der Waals surface area contributed by atoms with Crippen molar-refractivity contribution in [2.75, 3.05) is 0 Å². The van der Waals surface area contributed by atoms with Gasteiger partial charge < -0.3 is 4.42 Å². The monoisotopic (exact) mass is 399 g/mol. The predicted molar refractivity (Wildman–Crippen MR) is 118 cm³/mol. The van der Waals surface area contributed by atoms with Gasteiger partial charge in [0.2, 0.25) is 5.89 Å². The van der Waals surface area contributed by atoms with Gasteiger partial charge in [-0.25, -0.2) is 4.98 Å². The van der Waals surface area contributed by atoms with Crippen LogP contribution in [-0.4, -0.2) is 16.1 Å². The van der Waals surface area contributed by atoms with Crippen LogP contribution < -0.4 is 0 Å². The SMILES string of the molecule is CC(C)(C)c1ccc(-c2nc3cc(N=Cc4cccc([N+](=O)[O-])c4)ccc3o2)cc1. The Morgan fingerprint density at radius 2 is 1.80 bits per heavy atom. The number of hydrogen-bond acceptors (Lipinski definition) is 5. The van der Waals surface area contributed by atoms with Crippen molar-refractivity contribution in [1.29, 1.82) is 0 Å². The molecule has 0 bridgehead atoms. The minimum atomic E-state index is -0.422. The average molecular weight is 399 g/mol. The second-order valence-electron chi connectivity index (χ2n) is 8.11. The molecular weight excluding hydrogens is 378 g/mol. The molecule has 0 spiro atoms. The number of hydrogen-bond donors (Lipinski definition) is 0. The molecule has 0 unspecified atom stereocenters. The van der Waals surface area contributed by atoms with E-state index in [9.17, 15) is 10.1 Å². The molecule has 0 atom stereocenters. The van der Waals surface area contributed by atoms with E-state index in [0.717, 1.165) is 5.56 Å². The first kappa shape index (κ1) is 19.5. The predicted octanol–water partition coefficient (Wildman–Crippen LogP) is 6.45. The molecule has 4 aromatic rings. The molecule has 6 nitrogen and oxygen atoms in total. The Balaban J connectivity index is 1.60. The van der Waals surface area contributed by atoms with Gasteiger partial charge in [-0.2, -0.15) is 0 Å². The van der Waals surface area contributed by atoms with Crippen molar-refractivity contribution in [3.05, 3.63) is 88.0 Å². The van der Waals surface area contributed by atoms with Crippen molar-refractivity contribution in [3.8, 4) is 11.5 Å². The van der Waals surface area contributed by atoms with Crippen LogP contribution in [0, 0.1) is 10.1 Å². The molecule has 30 heavy (non-hydrogen) atoms. The summed E-state index contributed by atoms with van der Waals surface area (Å²) >= 11 is 0. The third-order valence-electron chi connectivity index (χ3n) is 4.81. The van der Waals surface area contributed by atoms with E-state index in [-0.39, 0.29) is 11.1 Å². The van der Waals surface area contributed by atoms with Crippen molar-refractivity contribution in [3.63, 3.8) is 0 Å². The molecule has 3 aromatic carbocycles. The summed E-state index contributed by atoms with van der Waals surface area (Å²) in [6, 6.07) is 20.1. The summed E-state index contributed by atoms with van der Waals surface area (Å²) in [6.45, 7) is 6.53. The summed E-state index contributed by atoms with van der Waals surface area (Å²) in [4.78, 5) is 19.5. The van der Waals surface area contributed by atoms with Crippen LogP contribution in [0.2, 0.25) is 0 Å². The molecule has 4 rings (SSSR count). The van der Waals surface area contributed by atoms with Gasteiger partial charge in [-0.05, 0) is 46.9 Å². The Bertz CT molecular complexity index is 1250. The molecule has 0 fully saturated rings. The molecular formula is C24H21N3O3. The maximum atomic E-state index is 10.9. The fraction of sp³-hybridized carbons (Fsp3) is 0.167. The summed E-state index contributed by atoms with van der Waals surface area (Å²) in [5, 5.41) is 10.9. The molecule has 0 N–H and O–H groups in total. The number of aliphatic imine (C=N–C) groups is 1. The summed E-state index contributed by atoms with van der Waals surface area (Å²) in [6.07, 6.45) is 1.60. The molecule has 0 saturated carbocycles. The number of nitro groups is 1. The molecule has 150 valence electrons. The number of nitrogens with zero attached hydrogens (tertiary/aromatic N) is 3. The minimum absolute atomic E-state index is 0.0352.